The highest BCUT2D eigenvalue weighted by molar-refractivity contribution is 14.0. The predicted octanol–water partition coefficient (Wildman–Crippen LogP) is 2.48. The number of rotatable bonds is 4. The summed E-state index contributed by atoms with van der Waals surface area (Å²) in [5.41, 5.74) is 3.79. The normalized spacial score (nSPS) is 11.0. The van der Waals surface area contributed by atoms with Crippen LogP contribution in [-0.2, 0) is 13.1 Å². The standard InChI is InChI=1S/C15H21N5O.HI/c1-10-5-6-13(11(2)7-10)8-17-15(16-4)18-9-14-19-12(3)20-21-14;/h5-7H,8-9H2,1-4H3,(H2,16,17,18);1H. The molecule has 6 nitrogen and oxygen atoms in total. The number of aliphatic imine (C=N–C) groups is 1. The van der Waals surface area contributed by atoms with E-state index in [0.717, 1.165) is 0 Å². The zero-order chi connectivity index (χ0) is 15.2. The van der Waals surface area contributed by atoms with Crippen LogP contribution in [0.3, 0.4) is 0 Å². The second-order valence-electron chi connectivity index (χ2n) is 4.94. The third-order valence-electron chi connectivity index (χ3n) is 3.14. The monoisotopic (exact) mass is 415 g/mol. The maximum absolute atomic E-state index is 5.05. The van der Waals surface area contributed by atoms with Gasteiger partial charge in [0, 0.05) is 13.6 Å². The Balaban J connectivity index is 0.00000242. The van der Waals surface area contributed by atoms with Gasteiger partial charge in [0.25, 0.3) is 0 Å². The van der Waals surface area contributed by atoms with Crippen LogP contribution in [0.5, 0.6) is 0 Å². The fourth-order valence-electron chi connectivity index (χ4n) is 2.01. The predicted molar refractivity (Wildman–Crippen MR) is 97.4 cm³/mol. The van der Waals surface area contributed by atoms with Crippen molar-refractivity contribution in [2.45, 2.75) is 33.9 Å². The Morgan fingerprint density at radius 2 is 1.91 bits per heavy atom. The van der Waals surface area contributed by atoms with E-state index in [4.69, 9.17) is 4.52 Å². The third-order valence-corrected chi connectivity index (χ3v) is 3.14. The summed E-state index contributed by atoms with van der Waals surface area (Å²) in [5, 5.41) is 10.2. The van der Waals surface area contributed by atoms with Crippen molar-refractivity contribution in [2.24, 2.45) is 4.99 Å². The van der Waals surface area contributed by atoms with Gasteiger partial charge in [0.1, 0.15) is 0 Å². The van der Waals surface area contributed by atoms with Crippen LogP contribution >= 0.6 is 24.0 Å². The molecule has 2 N–H and O–H groups in total. The molecule has 0 fully saturated rings. The van der Waals surface area contributed by atoms with Gasteiger partial charge in [0.05, 0.1) is 6.54 Å². The van der Waals surface area contributed by atoms with Crippen molar-refractivity contribution in [2.75, 3.05) is 7.05 Å². The third kappa shape index (κ3) is 5.28. The minimum atomic E-state index is 0. The van der Waals surface area contributed by atoms with Gasteiger partial charge in [-0.15, -0.1) is 24.0 Å². The Bertz CT molecular complexity index is 639. The summed E-state index contributed by atoms with van der Waals surface area (Å²) >= 11 is 0. The molecule has 0 aliphatic heterocycles. The molecule has 2 aromatic rings. The van der Waals surface area contributed by atoms with Gasteiger partial charge in [-0.25, -0.2) is 0 Å². The first kappa shape index (κ1) is 18.4. The number of nitrogens with zero attached hydrogens (tertiary/aromatic N) is 3. The lowest BCUT2D eigenvalue weighted by Gasteiger charge is -2.12. The Kier molecular flexibility index (Phi) is 7.30. The van der Waals surface area contributed by atoms with E-state index in [1.807, 2.05) is 0 Å². The van der Waals surface area contributed by atoms with Crippen LogP contribution in [0.1, 0.15) is 28.4 Å². The van der Waals surface area contributed by atoms with Gasteiger partial charge in [0.15, 0.2) is 11.8 Å². The van der Waals surface area contributed by atoms with Gasteiger partial charge in [-0.2, -0.15) is 4.98 Å². The number of aryl methyl sites for hydroxylation is 3. The molecule has 1 heterocycles. The van der Waals surface area contributed by atoms with Crippen LogP contribution in [0.4, 0.5) is 0 Å². The maximum atomic E-state index is 5.05. The van der Waals surface area contributed by atoms with E-state index in [0.29, 0.717) is 30.8 Å². The van der Waals surface area contributed by atoms with Gasteiger partial charge >= 0.3 is 0 Å². The van der Waals surface area contributed by atoms with Gasteiger partial charge in [0.2, 0.25) is 5.89 Å². The van der Waals surface area contributed by atoms with Crippen molar-refractivity contribution in [3.05, 3.63) is 46.6 Å². The number of benzene rings is 1. The molecule has 120 valence electrons. The minimum absolute atomic E-state index is 0. The van der Waals surface area contributed by atoms with Crippen LogP contribution in [0, 0.1) is 20.8 Å². The van der Waals surface area contributed by atoms with Crippen molar-refractivity contribution in [1.82, 2.24) is 20.8 Å². The molecule has 0 saturated heterocycles. The largest absolute Gasteiger partial charge is 0.352 e. The molecule has 1 aromatic heterocycles. The Morgan fingerprint density at radius 3 is 2.50 bits per heavy atom. The molecular formula is C15H22IN5O. The average Bonchev–Trinajstić information content (AvgIpc) is 2.86. The molecular weight excluding hydrogens is 393 g/mol. The minimum Gasteiger partial charge on any atom is -0.352 e. The van der Waals surface area contributed by atoms with Crippen molar-refractivity contribution < 1.29 is 4.52 Å². The van der Waals surface area contributed by atoms with E-state index in [1.54, 1.807) is 14.0 Å². The molecule has 0 saturated carbocycles. The lowest BCUT2D eigenvalue weighted by Crippen LogP contribution is -2.36. The van der Waals surface area contributed by atoms with Crippen molar-refractivity contribution in [3.63, 3.8) is 0 Å². The summed E-state index contributed by atoms with van der Waals surface area (Å²) in [6, 6.07) is 6.42. The number of halogens is 1. The first-order valence-electron chi connectivity index (χ1n) is 6.88. The Hall–Kier alpha value is -1.64. The lowest BCUT2D eigenvalue weighted by molar-refractivity contribution is 0.371. The number of guanidine groups is 1. The molecule has 2 rings (SSSR count). The number of hydrogen-bond acceptors (Lipinski definition) is 4. The molecule has 0 atom stereocenters. The van der Waals surface area contributed by atoms with E-state index >= 15 is 0 Å². The summed E-state index contributed by atoms with van der Waals surface area (Å²) in [6.45, 7) is 7.17. The lowest BCUT2D eigenvalue weighted by atomic mass is 10.1. The molecule has 0 spiro atoms. The quantitative estimate of drug-likeness (QED) is 0.456. The van der Waals surface area contributed by atoms with Crippen molar-refractivity contribution >= 4 is 29.9 Å². The maximum Gasteiger partial charge on any atom is 0.246 e. The molecule has 0 amide bonds. The molecule has 0 radical (unpaired) electrons. The van der Waals surface area contributed by atoms with Gasteiger partial charge in [-0.05, 0) is 31.9 Å². The van der Waals surface area contributed by atoms with Crippen LogP contribution < -0.4 is 10.6 Å². The van der Waals surface area contributed by atoms with E-state index in [2.05, 4.69) is 57.8 Å². The first-order chi connectivity index (χ1) is 10.1. The van der Waals surface area contributed by atoms with Crippen LogP contribution in [0.2, 0.25) is 0 Å². The molecule has 0 aliphatic carbocycles. The summed E-state index contributed by atoms with van der Waals surface area (Å²) in [5.74, 6) is 1.87. The summed E-state index contributed by atoms with van der Waals surface area (Å²) in [7, 11) is 1.73. The SMILES string of the molecule is CN=C(NCc1nc(C)no1)NCc1ccc(C)cc1C.I. The second kappa shape index (κ2) is 8.72. The topological polar surface area (TPSA) is 75.3 Å². The van der Waals surface area contributed by atoms with Crippen molar-refractivity contribution in [3.8, 4) is 0 Å². The molecule has 0 unspecified atom stereocenters. The Morgan fingerprint density at radius 1 is 1.18 bits per heavy atom. The highest BCUT2D eigenvalue weighted by atomic mass is 127. The van der Waals surface area contributed by atoms with Gasteiger partial charge in [-0.1, -0.05) is 28.9 Å². The zero-order valence-corrected chi connectivity index (χ0v) is 15.6. The molecule has 0 aliphatic rings. The first-order valence-corrected chi connectivity index (χ1v) is 6.88. The second-order valence-corrected chi connectivity index (χ2v) is 4.94. The van der Waals surface area contributed by atoms with Gasteiger partial charge < -0.3 is 15.2 Å². The van der Waals surface area contributed by atoms with Gasteiger partial charge in [-0.3, -0.25) is 4.99 Å². The van der Waals surface area contributed by atoms with Crippen molar-refractivity contribution in [1.29, 1.82) is 0 Å². The Labute approximate surface area is 147 Å². The fraction of sp³-hybridized carbons (Fsp3) is 0.400. The molecule has 0 bridgehead atoms. The van der Waals surface area contributed by atoms with Crippen LogP contribution in [-0.4, -0.2) is 23.1 Å². The average molecular weight is 415 g/mol. The molecule has 7 heteroatoms. The van der Waals surface area contributed by atoms with E-state index in [-0.39, 0.29) is 24.0 Å². The summed E-state index contributed by atoms with van der Waals surface area (Å²) in [6.07, 6.45) is 0. The smallest absolute Gasteiger partial charge is 0.246 e. The zero-order valence-electron chi connectivity index (χ0n) is 13.3. The van der Waals surface area contributed by atoms with Crippen LogP contribution in [0.25, 0.3) is 0 Å². The molecule has 22 heavy (non-hydrogen) atoms. The van der Waals surface area contributed by atoms with E-state index < -0.39 is 0 Å². The fourth-order valence-corrected chi connectivity index (χ4v) is 2.01. The van der Waals surface area contributed by atoms with E-state index in [1.165, 1.54) is 16.7 Å². The summed E-state index contributed by atoms with van der Waals surface area (Å²) < 4.78 is 5.05. The number of nitrogens with one attached hydrogen (secondary N) is 2. The number of aromatic nitrogens is 2. The van der Waals surface area contributed by atoms with E-state index in [9.17, 15) is 0 Å². The summed E-state index contributed by atoms with van der Waals surface area (Å²) in [4.78, 5) is 8.31. The highest BCUT2D eigenvalue weighted by Gasteiger charge is 2.05. The molecule has 1 aromatic carbocycles. The highest BCUT2D eigenvalue weighted by Crippen LogP contribution is 2.09. The van der Waals surface area contributed by atoms with Crippen LogP contribution in [0.15, 0.2) is 27.7 Å². The number of hydrogen-bond donors (Lipinski definition) is 2.